The second-order valence-electron chi connectivity index (χ2n) is 6.26. The summed E-state index contributed by atoms with van der Waals surface area (Å²) in [5.74, 6) is -0.232. The fourth-order valence-corrected chi connectivity index (χ4v) is 2.41. The number of rotatable bonds is 17. The van der Waals surface area contributed by atoms with E-state index >= 15 is 0 Å². The maximum absolute atomic E-state index is 11.9. The van der Waals surface area contributed by atoms with Crippen LogP contribution in [0.4, 0.5) is 5.69 Å². The number of ether oxygens (including phenoxy) is 5. The molecule has 0 aliphatic rings. The predicted molar refractivity (Wildman–Crippen MR) is 110 cm³/mol. The summed E-state index contributed by atoms with van der Waals surface area (Å²) in [4.78, 5) is 22.5. The highest BCUT2D eigenvalue weighted by Crippen LogP contribution is 2.37. The Morgan fingerprint density at radius 2 is 1.74 bits per heavy atom. The molecule has 1 rings (SSSR count). The lowest BCUT2D eigenvalue weighted by Gasteiger charge is -2.14. The van der Waals surface area contributed by atoms with Gasteiger partial charge in [-0.2, -0.15) is 0 Å². The zero-order chi connectivity index (χ0) is 23.1. The molecule has 1 atom stereocenters. The number of aliphatic hydroxyl groups excluding tert-OH is 1. The van der Waals surface area contributed by atoms with Crippen LogP contribution < -0.4 is 20.5 Å². The lowest BCUT2D eigenvalue weighted by molar-refractivity contribution is -0.386. The molecule has 0 bridgehead atoms. The van der Waals surface area contributed by atoms with Gasteiger partial charge in [0.05, 0.1) is 69.4 Å². The molecule has 0 aromatic heterocycles. The van der Waals surface area contributed by atoms with Gasteiger partial charge in [-0.25, -0.2) is 0 Å². The molecule has 0 radical (unpaired) electrons. The normalized spacial score (nSPS) is 11.7. The number of amides is 1. The lowest BCUT2D eigenvalue weighted by Crippen LogP contribution is -2.32. The zero-order valence-electron chi connectivity index (χ0n) is 17.8. The minimum absolute atomic E-state index is 0.0255. The largest absolute Gasteiger partial charge is 0.493 e. The van der Waals surface area contributed by atoms with E-state index in [1.165, 1.54) is 20.1 Å². The van der Waals surface area contributed by atoms with Gasteiger partial charge in [0.25, 0.3) is 11.6 Å². The minimum atomic E-state index is -1.07. The quantitative estimate of drug-likeness (QED) is 0.171. The maximum atomic E-state index is 11.9. The first-order chi connectivity index (χ1) is 14.9. The molecule has 12 nitrogen and oxygen atoms in total. The summed E-state index contributed by atoms with van der Waals surface area (Å²) in [7, 11) is 1.36. The molecule has 176 valence electrons. The Bertz CT molecular complexity index is 686. The number of carbonyl (C=O) groups is 1. The van der Waals surface area contributed by atoms with E-state index in [2.05, 4.69) is 5.32 Å². The van der Waals surface area contributed by atoms with E-state index in [0.29, 0.717) is 39.6 Å². The smallest absolute Gasteiger partial charge is 0.279 e. The third kappa shape index (κ3) is 10.4. The predicted octanol–water partition coefficient (Wildman–Crippen LogP) is 0.160. The SMILES string of the molecule is COc1cc(C(C)O)c([N+](=O)[O-])cc1OCC(=O)NCCOCCOCCOCCN. The van der Waals surface area contributed by atoms with Crippen molar-refractivity contribution in [3.8, 4) is 11.5 Å². The number of methoxy groups -OCH3 is 1. The fraction of sp³-hybridized carbons (Fsp3) is 0.632. The highest BCUT2D eigenvalue weighted by molar-refractivity contribution is 5.77. The van der Waals surface area contributed by atoms with Crippen LogP contribution in [0.3, 0.4) is 0 Å². The Morgan fingerprint density at radius 1 is 1.13 bits per heavy atom. The molecule has 0 fully saturated rings. The van der Waals surface area contributed by atoms with Gasteiger partial charge in [0.1, 0.15) is 0 Å². The molecule has 12 heteroatoms. The molecule has 1 aromatic carbocycles. The minimum Gasteiger partial charge on any atom is -0.493 e. The number of aliphatic hydroxyl groups is 1. The van der Waals surface area contributed by atoms with Gasteiger partial charge in [-0.1, -0.05) is 0 Å². The molecular formula is C19H31N3O9. The van der Waals surface area contributed by atoms with Crippen LogP contribution >= 0.6 is 0 Å². The fourth-order valence-electron chi connectivity index (χ4n) is 2.41. The van der Waals surface area contributed by atoms with E-state index in [9.17, 15) is 20.0 Å². The standard InChI is InChI=1S/C19H31N3O9/c1-14(23)15-11-17(27-2)18(12-16(15)22(25)26)31-13-19(24)21-4-6-29-8-10-30-9-7-28-5-3-20/h11-12,14,23H,3-10,13,20H2,1-2H3,(H,21,24). The van der Waals surface area contributed by atoms with Crippen molar-refractivity contribution in [2.75, 3.05) is 66.4 Å². The second kappa shape index (κ2) is 15.3. The lowest BCUT2D eigenvalue weighted by atomic mass is 10.1. The number of hydrogen-bond donors (Lipinski definition) is 3. The molecule has 4 N–H and O–H groups in total. The monoisotopic (exact) mass is 445 g/mol. The molecule has 31 heavy (non-hydrogen) atoms. The Morgan fingerprint density at radius 3 is 2.29 bits per heavy atom. The van der Waals surface area contributed by atoms with Crippen molar-refractivity contribution in [3.05, 3.63) is 27.8 Å². The number of nitro benzene ring substituents is 1. The van der Waals surface area contributed by atoms with Crippen molar-refractivity contribution >= 4 is 11.6 Å². The van der Waals surface area contributed by atoms with Crippen molar-refractivity contribution in [1.82, 2.24) is 5.32 Å². The Kier molecular flexibility index (Phi) is 13.1. The van der Waals surface area contributed by atoms with Gasteiger partial charge in [-0.05, 0) is 13.0 Å². The first-order valence-corrected chi connectivity index (χ1v) is 9.77. The van der Waals surface area contributed by atoms with Crippen molar-refractivity contribution in [1.29, 1.82) is 0 Å². The average Bonchev–Trinajstić information content (AvgIpc) is 2.75. The van der Waals surface area contributed by atoms with E-state index < -0.39 is 16.9 Å². The third-order valence-electron chi connectivity index (χ3n) is 3.89. The summed E-state index contributed by atoms with van der Waals surface area (Å²) in [6, 6.07) is 2.44. The Balaban J connectivity index is 2.32. The number of nitrogens with two attached hydrogens (primary N) is 1. The molecule has 0 heterocycles. The van der Waals surface area contributed by atoms with Crippen molar-refractivity contribution in [2.24, 2.45) is 5.73 Å². The number of nitrogens with one attached hydrogen (secondary N) is 1. The second-order valence-corrected chi connectivity index (χ2v) is 6.26. The summed E-state index contributed by atoms with van der Waals surface area (Å²) in [6.07, 6.45) is -1.07. The van der Waals surface area contributed by atoms with Crippen LogP contribution in [0.1, 0.15) is 18.6 Å². The molecule has 1 unspecified atom stereocenters. The van der Waals surface area contributed by atoms with Crippen molar-refractivity contribution in [3.63, 3.8) is 0 Å². The highest BCUT2D eigenvalue weighted by Gasteiger charge is 2.23. The molecule has 1 amide bonds. The first kappa shape index (κ1) is 26.5. The van der Waals surface area contributed by atoms with E-state index in [1.54, 1.807) is 0 Å². The van der Waals surface area contributed by atoms with Crippen LogP contribution in [0.15, 0.2) is 12.1 Å². The van der Waals surface area contributed by atoms with E-state index in [0.717, 1.165) is 6.07 Å². The van der Waals surface area contributed by atoms with E-state index in [-0.39, 0.29) is 42.5 Å². The van der Waals surface area contributed by atoms with Gasteiger partial charge in [-0.15, -0.1) is 0 Å². The van der Waals surface area contributed by atoms with Gasteiger partial charge in [-0.3, -0.25) is 14.9 Å². The summed E-state index contributed by atoms with van der Waals surface area (Å²) in [5, 5.41) is 23.6. The van der Waals surface area contributed by atoms with Gasteiger partial charge in [0.15, 0.2) is 18.1 Å². The molecule has 0 aliphatic heterocycles. The van der Waals surface area contributed by atoms with Crippen molar-refractivity contribution in [2.45, 2.75) is 13.0 Å². The molecule has 0 aliphatic carbocycles. The number of hydrogen-bond acceptors (Lipinski definition) is 10. The van der Waals surface area contributed by atoms with E-state index in [1.807, 2.05) is 0 Å². The van der Waals surface area contributed by atoms with Gasteiger partial charge in [0, 0.05) is 13.1 Å². The van der Waals surface area contributed by atoms with Crippen LogP contribution in [0.2, 0.25) is 0 Å². The van der Waals surface area contributed by atoms with Gasteiger partial charge in [0.2, 0.25) is 0 Å². The van der Waals surface area contributed by atoms with Crippen LogP contribution in [-0.4, -0.2) is 82.4 Å². The maximum Gasteiger partial charge on any atom is 0.279 e. The first-order valence-electron chi connectivity index (χ1n) is 9.77. The summed E-state index contributed by atoms with van der Waals surface area (Å²) in [6.45, 7) is 4.28. The van der Waals surface area contributed by atoms with E-state index in [4.69, 9.17) is 29.4 Å². The highest BCUT2D eigenvalue weighted by atomic mass is 16.6. The van der Waals surface area contributed by atoms with Crippen LogP contribution in [0, 0.1) is 10.1 Å². The van der Waals surface area contributed by atoms with Gasteiger partial charge < -0.3 is 39.8 Å². The van der Waals surface area contributed by atoms with Crippen molar-refractivity contribution < 1.29 is 38.5 Å². The van der Waals surface area contributed by atoms with Crippen LogP contribution in [0.5, 0.6) is 11.5 Å². The van der Waals surface area contributed by atoms with Crippen LogP contribution in [-0.2, 0) is 19.0 Å². The number of nitrogens with zero attached hydrogens (tertiary/aromatic N) is 1. The Labute approximate surface area is 180 Å². The number of carbonyl (C=O) groups excluding carboxylic acids is 1. The molecular weight excluding hydrogens is 414 g/mol. The summed E-state index contributed by atoms with van der Waals surface area (Å²) >= 11 is 0. The third-order valence-corrected chi connectivity index (χ3v) is 3.89. The molecule has 0 saturated heterocycles. The molecule has 0 spiro atoms. The number of benzene rings is 1. The van der Waals surface area contributed by atoms with Crippen LogP contribution in [0.25, 0.3) is 0 Å². The van der Waals surface area contributed by atoms with Gasteiger partial charge >= 0.3 is 0 Å². The Hall–Kier alpha value is -2.51. The summed E-state index contributed by atoms with van der Waals surface area (Å²) < 4.78 is 26.3. The molecule has 0 saturated carbocycles. The number of nitro groups is 1. The summed E-state index contributed by atoms with van der Waals surface area (Å²) in [5.41, 5.74) is 5.05. The zero-order valence-corrected chi connectivity index (χ0v) is 17.8. The topological polar surface area (TPSA) is 165 Å². The average molecular weight is 445 g/mol. The molecule has 1 aromatic rings.